The Kier molecular flexibility index (Phi) is 3.86. The Balaban J connectivity index is 2.70. The van der Waals surface area contributed by atoms with E-state index in [0.717, 1.165) is 19.8 Å². The standard InChI is InChI=1S/C14H18BrN3O3/c1-9(16-19)14(4)17(20)12(13(2,3)18(14)21)10-5-7-11(15)8-6-10/h5-8,21H,1-4H3,(H-,19,20)/p+1. The summed E-state index contributed by atoms with van der Waals surface area (Å²) in [5.41, 5.74) is -0.765. The molecule has 1 heterocycles. The van der Waals surface area contributed by atoms with E-state index in [1.165, 1.54) is 6.92 Å². The fourth-order valence-corrected chi connectivity index (χ4v) is 2.96. The fourth-order valence-electron chi connectivity index (χ4n) is 2.70. The first-order chi connectivity index (χ1) is 9.67. The van der Waals surface area contributed by atoms with Crippen LogP contribution in [0.15, 0.2) is 33.9 Å². The molecule has 1 aromatic carbocycles. The molecule has 0 aliphatic carbocycles. The highest BCUT2D eigenvalue weighted by Gasteiger charge is 2.65. The molecule has 2 rings (SSSR count). The molecule has 21 heavy (non-hydrogen) atoms. The van der Waals surface area contributed by atoms with Gasteiger partial charge in [-0.15, -0.1) is 5.06 Å². The van der Waals surface area contributed by atoms with Gasteiger partial charge in [0, 0.05) is 21.7 Å². The van der Waals surface area contributed by atoms with Gasteiger partial charge in [-0.05, 0) is 45.0 Å². The van der Waals surface area contributed by atoms with Crippen LogP contribution in [0, 0.1) is 0 Å². The van der Waals surface area contributed by atoms with Gasteiger partial charge in [-0.3, -0.25) is 5.21 Å². The first kappa shape index (κ1) is 15.9. The third-order valence-electron chi connectivity index (χ3n) is 4.10. The van der Waals surface area contributed by atoms with Crippen molar-refractivity contribution in [2.75, 3.05) is 0 Å². The minimum Gasteiger partial charge on any atom is -0.411 e. The van der Waals surface area contributed by atoms with E-state index in [-0.39, 0.29) is 5.71 Å². The van der Waals surface area contributed by atoms with E-state index in [1.54, 1.807) is 20.8 Å². The number of hydrogen-bond acceptors (Lipinski definition) is 5. The van der Waals surface area contributed by atoms with Crippen molar-refractivity contribution in [1.29, 1.82) is 0 Å². The van der Waals surface area contributed by atoms with Crippen LogP contribution in [0.4, 0.5) is 0 Å². The Morgan fingerprint density at radius 1 is 1.24 bits per heavy atom. The van der Waals surface area contributed by atoms with E-state index < -0.39 is 11.2 Å². The Morgan fingerprint density at radius 3 is 2.24 bits per heavy atom. The van der Waals surface area contributed by atoms with Gasteiger partial charge in [-0.1, -0.05) is 21.1 Å². The van der Waals surface area contributed by atoms with Crippen molar-refractivity contribution in [1.82, 2.24) is 5.06 Å². The minimum atomic E-state index is -1.35. The highest BCUT2D eigenvalue weighted by atomic mass is 79.9. The second-order valence-corrected chi connectivity index (χ2v) is 6.66. The first-order valence-corrected chi connectivity index (χ1v) is 7.27. The average molecular weight is 357 g/mol. The van der Waals surface area contributed by atoms with Gasteiger partial charge in [0.1, 0.15) is 11.3 Å². The van der Waals surface area contributed by atoms with Crippen LogP contribution in [0.2, 0.25) is 0 Å². The van der Waals surface area contributed by atoms with Crippen LogP contribution < -0.4 is 0 Å². The highest BCUT2D eigenvalue weighted by Crippen LogP contribution is 2.35. The largest absolute Gasteiger partial charge is 0.411 e. The summed E-state index contributed by atoms with van der Waals surface area (Å²) in [7, 11) is 0. The number of nitrogens with zero attached hydrogens (tertiary/aromatic N) is 3. The quantitative estimate of drug-likeness (QED) is 0.329. The van der Waals surface area contributed by atoms with Crippen molar-refractivity contribution in [2.45, 2.75) is 38.9 Å². The minimum absolute atomic E-state index is 0.174. The number of benzene rings is 1. The molecule has 3 N–H and O–H groups in total. The molecule has 0 radical (unpaired) electrons. The maximum Gasteiger partial charge on any atom is 0.328 e. The molecule has 0 spiro atoms. The molecule has 1 aromatic rings. The molecule has 0 aromatic heterocycles. The smallest absolute Gasteiger partial charge is 0.328 e. The second kappa shape index (κ2) is 5.08. The number of oxime groups is 1. The van der Waals surface area contributed by atoms with Gasteiger partial charge in [0.15, 0.2) is 0 Å². The third kappa shape index (κ3) is 2.16. The zero-order chi connectivity index (χ0) is 16.0. The van der Waals surface area contributed by atoms with E-state index in [9.17, 15) is 10.4 Å². The second-order valence-electron chi connectivity index (χ2n) is 5.74. The molecular formula is C14H19BrN3O3+. The van der Waals surface area contributed by atoms with Crippen molar-refractivity contribution in [3.05, 3.63) is 34.3 Å². The van der Waals surface area contributed by atoms with Gasteiger partial charge in [0.25, 0.3) is 5.71 Å². The Hall–Kier alpha value is -1.44. The summed E-state index contributed by atoms with van der Waals surface area (Å²) in [5, 5.41) is 34.4. The number of rotatable bonds is 2. The lowest BCUT2D eigenvalue weighted by molar-refractivity contribution is -0.824. The maximum atomic E-state index is 10.6. The van der Waals surface area contributed by atoms with Crippen LogP contribution in [0.1, 0.15) is 33.3 Å². The summed E-state index contributed by atoms with van der Waals surface area (Å²) in [5.74, 6) is 0. The van der Waals surface area contributed by atoms with Crippen LogP contribution in [0.5, 0.6) is 0 Å². The molecule has 0 saturated heterocycles. The zero-order valence-electron chi connectivity index (χ0n) is 12.4. The number of hydroxylamine groups is 3. The van der Waals surface area contributed by atoms with Crippen molar-refractivity contribution in [3.8, 4) is 0 Å². The van der Waals surface area contributed by atoms with Gasteiger partial charge in [0.2, 0.25) is 0 Å². The summed E-state index contributed by atoms with van der Waals surface area (Å²) in [6.07, 6.45) is 0. The predicted molar refractivity (Wildman–Crippen MR) is 81.3 cm³/mol. The Labute approximate surface area is 131 Å². The topological polar surface area (TPSA) is 79.3 Å². The van der Waals surface area contributed by atoms with Gasteiger partial charge in [-0.2, -0.15) is 0 Å². The third-order valence-corrected chi connectivity index (χ3v) is 4.63. The van der Waals surface area contributed by atoms with E-state index in [4.69, 9.17) is 5.21 Å². The molecule has 0 saturated carbocycles. The van der Waals surface area contributed by atoms with Crippen LogP contribution in [-0.2, 0) is 0 Å². The molecule has 1 aliphatic heterocycles. The molecule has 6 nitrogen and oxygen atoms in total. The first-order valence-electron chi connectivity index (χ1n) is 6.48. The van der Waals surface area contributed by atoms with Gasteiger partial charge in [0.05, 0.1) is 0 Å². The highest BCUT2D eigenvalue weighted by molar-refractivity contribution is 9.10. The van der Waals surface area contributed by atoms with Crippen molar-refractivity contribution in [2.24, 2.45) is 5.16 Å². The van der Waals surface area contributed by atoms with E-state index in [2.05, 4.69) is 21.1 Å². The van der Waals surface area contributed by atoms with Gasteiger partial charge >= 0.3 is 5.66 Å². The fraction of sp³-hybridized carbons (Fsp3) is 0.429. The predicted octanol–water partition coefficient (Wildman–Crippen LogP) is 2.69. The zero-order valence-corrected chi connectivity index (χ0v) is 14.0. The maximum absolute atomic E-state index is 10.6. The van der Waals surface area contributed by atoms with Crippen LogP contribution >= 0.6 is 15.9 Å². The summed E-state index contributed by atoms with van der Waals surface area (Å²) in [6.45, 7) is 6.68. The molecule has 0 amide bonds. The normalized spacial score (nSPS) is 26.5. The molecule has 1 atom stereocenters. The molecule has 7 heteroatoms. The van der Waals surface area contributed by atoms with Gasteiger partial charge < -0.3 is 10.4 Å². The SMILES string of the molecule is CC(=NO)C1(C)N(O)C(C)(C)C(c2ccc(Br)cc2)=[N+]1O. The van der Waals surface area contributed by atoms with Crippen LogP contribution in [0.3, 0.4) is 0 Å². The number of hydrogen-bond donors (Lipinski definition) is 3. The van der Waals surface area contributed by atoms with E-state index in [0.29, 0.717) is 5.71 Å². The molecule has 114 valence electrons. The molecule has 0 fully saturated rings. The lowest BCUT2D eigenvalue weighted by atomic mass is 9.92. The van der Waals surface area contributed by atoms with Gasteiger partial charge in [-0.25, -0.2) is 0 Å². The van der Waals surface area contributed by atoms with E-state index in [1.807, 2.05) is 24.3 Å². The van der Waals surface area contributed by atoms with Crippen LogP contribution in [0.25, 0.3) is 0 Å². The summed E-state index contributed by atoms with van der Waals surface area (Å²) in [6, 6.07) is 7.40. The van der Waals surface area contributed by atoms with Crippen LogP contribution in [-0.4, -0.2) is 48.0 Å². The number of halogens is 1. The summed E-state index contributed by atoms with van der Waals surface area (Å²) in [4.78, 5) is 0. The molecular weight excluding hydrogens is 338 g/mol. The molecule has 1 unspecified atom stereocenters. The van der Waals surface area contributed by atoms with Crippen molar-refractivity contribution < 1.29 is 20.4 Å². The monoisotopic (exact) mass is 356 g/mol. The molecule has 0 bridgehead atoms. The van der Waals surface area contributed by atoms with Crippen molar-refractivity contribution in [3.63, 3.8) is 0 Å². The van der Waals surface area contributed by atoms with Crippen molar-refractivity contribution >= 4 is 27.4 Å². The Morgan fingerprint density at radius 2 is 1.76 bits per heavy atom. The Bertz CT molecular complexity index is 625. The summed E-state index contributed by atoms with van der Waals surface area (Å²) < 4.78 is 1.87. The summed E-state index contributed by atoms with van der Waals surface area (Å²) >= 11 is 3.37. The lowest BCUT2D eigenvalue weighted by Crippen LogP contribution is -2.57. The van der Waals surface area contributed by atoms with E-state index >= 15 is 0 Å². The molecule has 1 aliphatic rings. The lowest BCUT2D eigenvalue weighted by Gasteiger charge is -2.29. The average Bonchev–Trinajstić information content (AvgIpc) is 2.58.